The monoisotopic (exact) mass is 239 g/mol. The summed E-state index contributed by atoms with van der Waals surface area (Å²) in [6, 6.07) is 3.08. The summed E-state index contributed by atoms with van der Waals surface area (Å²) >= 11 is 0. The summed E-state index contributed by atoms with van der Waals surface area (Å²) in [5, 5.41) is 0. The molecule has 1 aromatic rings. The quantitative estimate of drug-likeness (QED) is 0.818. The molecule has 0 saturated carbocycles. The summed E-state index contributed by atoms with van der Waals surface area (Å²) in [7, 11) is 3.00. The average Bonchev–Trinajstić information content (AvgIpc) is 2.34. The third kappa shape index (κ3) is 3.03. The van der Waals surface area contributed by atoms with Crippen LogP contribution < -0.4 is 19.9 Å². The number of hydrogen-bond acceptors (Lipinski definition) is 4. The van der Waals surface area contributed by atoms with Gasteiger partial charge in [-0.25, -0.2) is 0 Å². The third-order valence-electron chi connectivity index (χ3n) is 2.20. The fourth-order valence-electron chi connectivity index (χ4n) is 1.37. The Balaban J connectivity index is 3.21. The topological polar surface area (TPSA) is 70.8 Å². The Morgan fingerprint density at radius 2 is 1.76 bits per heavy atom. The Hall–Kier alpha value is -1.91. The second-order valence-corrected chi connectivity index (χ2v) is 3.42. The van der Waals surface area contributed by atoms with E-state index < -0.39 is 5.91 Å². The molecule has 0 aliphatic heterocycles. The van der Waals surface area contributed by atoms with Gasteiger partial charge in [-0.1, -0.05) is 6.92 Å². The number of carbonyl (C=O) groups excluding carboxylic acids is 1. The van der Waals surface area contributed by atoms with Crippen LogP contribution in [0.5, 0.6) is 17.2 Å². The first-order valence-corrected chi connectivity index (χ1v) is 5.32. The van der Waals surface area contributed by atoms with Crippen LogP contribution in [0, 0.1) is 0 Å². The van der Waals surface area contributed by atoms with Gasteiger partial charge in [-0.2, -0.15) is 0 Å². The van der Waals surface area contributed by atoms with Crippen molar-refractivity contribution in [3.8, 4) is 17.2 Å². The number of hydrogen-bond donors (Lipinski definition) is 1. The SMILES string of the molecule is CCCOc1c(OC)cc(C(N)=O)cc1OC. The molecule has 0 aliphatic rings. The first-order chi connectivity index (χ1) is 8.13. The number of rotatable bonds is 6. The number of ether oxygens (including phenoxy) is 3. The van der Waals surface area contributed by atoms with E-state index in [9.17, 15) is 4.79 Å². The minimum Gasteiger partial charge on any atom is -0.493 e. The summed E-state index contributed by atoms with van der Waals surface area (Å²) in [4.78, 5) is 11.1. The Morgan fingerprint density at radius 3 is 2.12 bits per heavy atom. The molecule has 5 nitrogen and oxygen atoms in total. The van der Waals surface area contributed by atoms with Crippen molar-refractivity contribution in [3.05, 3.63) is 17.7 Å². The summed E-state index contributed by atoms with van der Waals surface area (Å²) in [6.07, 6.45) is 0.865. The van der Waals surface area contributed by atoms with Crippen molar-refractivity contribution in [1.82, 2.24) is 0 Å². The Morgan fingerprint density at radius 1 is 1.24 bits per heavy atom. The summed E-state index contributed by atoms with van der Waals surface area (Å²) in [5.41, 5.74) is 5.54. The van der Waals surface area contributed by atoms with Gasteiger partial charge >= 0.3 is 0 Å². The lowest BCUT2D eigenvalue weighted by Crippen LogP contribution is -2.12. The van der Waals surface area contributed by atoms with Gasteiger partial charge in [0.1, 0.15) is 0 Å². The molecule has 0 saturated heterocycles. The number of nitrogens with two attached hydrogens (primary N) is 1. The highest BCUT2D eigenvalue weighted by molar-refractivity contribution is 5.94. The maximum absolute atomic E-state index is 11.1. The molecule has 1 aromatic carbocycles. The minimum absolute atomic E-state index is 0.322. The maximum Gasteiger partial charge on any atom is 0.248 e. The Bertz CT molecular complexity index is 378. The molecular weight excluding hydrogens is 222 g/mol. The first-order valence-electron chi connectivity index (χ1n) is 5.32. The van der Waals surface area contributed by atoms with E-state index in [4.69, 9.17) is 19.9 Å². The van der Waals surface area contributed by atoms with E-state index in [0.717, 1.165) is 6.42 Å². The van der Waals surface area contributed by atoms with E-state index in [2.05, 4.69) is 0 Å². The van der Waals surface area contributed by atoms with E-state index in [-0.39, 0.29) is 0 Å². The van der Waals surface area contributed by atoms with Gasteiger partial charge < -0.3 is 19.9 Å². The molecule has 2 N–H and O–H groups in total. The zero-order chi connectivity index (χ0) is 12.8. The predicted octanol–water partition coefficient (Wildman–Crippen LogP) is 1.59. The molecule has 0 radical (unpaired) electrons. The van der Waals surface area contributed by atoms with Crippen molar-refractivity contribution in [2.45, 2.75) is 13.3 Å². The Kier molecular flexibility index (Phi) is 4.63. The molecule has 94 valence electrons. The van der Waals surface area contributed by atoms with Crippen LogP contribution in [0.4, 0.5) is 0 Å². The zero-order valence-electron chi connectivity index (χ0n) is 10.3. The van der Waals surface area contributed by atoms with Gasteiger partial charge in [-0.3, -0.25) is 4.79 Å². The minimum atomic E-state index is -0.538. The van der Waals surface area contributed by atoms with Gasteiger partial charge in [0.2, 0.25) is 11.7 Å². The standard InChI is InChI=1S/C12H17NO4/c1-4-5-17-11-9(15-2)6-8(12(13)14)7-10(11)16-3/h6-7H,4-5H2,1-3H3,(H2,13,14). The molecule has 0 atom stereocenters. The highest BCUT2D eigenvalue weighted by Gasteiger charge is 2.15. The van der Waals surface area contributed by atoms with Gasteiger partial charge in [0.25, 0.3) is 0 Å². The molecule has 1 amide bonds. The van der Waals surface area contributed by atoms with Gasteiger partial charge in [0.15, 0.2) is 11.5 Å². The van der Waals surface area contributed by atoms with Crippen LogP contribution in [0.25, 0.3) is 0 Å². The second kappa shape index (κ2) is 5.98. The lowest BCUT2D eigenvalue weighted by Gasteiger charge is -2.14. The Labute approximate surface area is 100 Å². The number of benzene rings is 1. The van der Waals surface area contributed by atoms with E-state index >= 15 is 0 Å². The van der Waals surface area contributed by atoms with Crippen molar-refractivity contribution in [1.29, 1.82) is 0 Å². The summed E-state index contributed by atoms with van der Waals surface area (Å²) < 4.78 is 15.9. The average molecular weight is 239 g/mol. The van der Waals surface area contributed by atoms with Gasteiger partial charge in [-0.05, 0) is 18.6 Å². The molecule has 0 spiro atoms. The molecule has 0 unspecified atom stereocenters. The van der Waals surface area contributed by atoms with E-state index in [0.29, 0.717) is 29.4 Å². The zero-order valence-corrected chi connectivity index (χ0v) is 10.3. The van der Waals surface area contributed by atoms with Crippen LogP contribution in [-0.2, 0) is 0 Å². The maximum atomic E-state index is 11.1. The lowest BCUT2D eigenvalue weighted by molar-refractivity contribution is 0.0999. The number of primary amides is 1. The molecule has 0 aromatic heterocycles. The van der Waals surface area contributed by atoms with Crippen LogP contribution in [-0.4, -0.2) is 26.7 Å². The van der Waals surface area contributed by atoms with Crippen molar-refractivity contribution in [2.75, 3.05) is 20.8 Å². The lowest BCUT2D eigenvalue weighted by atomic mass is 10.1. The molecule has 0 bridgehead atoms. The van der Waals surface area contributed by atoms with Gasteiger partial charge in [0, 0.05) is 5.56 Å². The van der Waals surface area contributed by atoms with Crippen molar-refractivity contribution in [2.24, 2.45) is 5.73 Å². The van der Waals surface area contributed by atoms with E-state index in [1.54, 1.807) is 0 Å². The molecule has 17 heavy (non-hydrogen) atoms. The normalized spacial score (nSPS) is 9.82. The number of methoxy groups -OCH3 is 2. The summed E-state index contributed by atoms with van der Waals surface area (Å²) in [5.74, 6) is 0.823. The molecule has 0 fully saturated rings. The fourth-order valence-corrected chi connectivity index (χ4v) is 1.37. The smallest absolute Gasteiger partial charge is 0.248 e. The fraction of sp³-hybridized carbons (Fsp3) is 0.417. The largest absolute Gasteiger partial charge is 0.493 e. The van der Waals surface area contributed by atoms with Crippen LogP contribution in [0.2, 0.25) is 0 Å². The molecular formula is C12H17NO4. The highest BCUT2D eigenvalue weighted by atomic mass is 16.5. The molecule has 0 aliphatic carbocycles. The van der Waals surface area contributed by atoms with Crippen LogP contribution in [0.15, 0.2) is 12.1 Å². The van der Waals surface area contributed by atoms with Crippen LogP contribution in [0.3, 0.4) is 0 Å². The van der Waals surface area contributed by atoms with Crippen LogP contribution >= 0.6 is 0 Å². The first kappa shape index (κ1) is 13.2. The van der Waals surface area contributed by atoms with E-state index in [1.165, 1.54) is 26.4 Å². The molecule has 1 rings (SSSR count). The number of carbonyl (C=O) groups is 1. The van der Waals surface area contributed by atoms with E-state index in [1.807, 2.05) is 6.92 Å². The number of amides is 1. The molecule has 5 heteroatoms. The van der Waals surface area contributed by atoms with Crippen molar-refractivity contribution >= 4 is 5.91 Å². The van der Waals surface area contributed by atoms with Gasteiger partial charge in [-0.15, -0.1) is 0 Å². The molecule has 0 heterocycles. The van der Waals surface area contributed by atoms with Gasteiger partial charge in [0.05, 0.1) is 20.8 Å². The highest BCUT2D eigenvalue weighted by Crippen LogP contribution is 2.38. The van der Waals surface area contributed by atoms with Crippen LogP contribution in [0.1, 0.15) is 23.7 Å². The predicted molar refractivity (Wildman–Crippen MR) is 63.8 cm³/mol. The van der Waals surface area contributed by atoms with Crippen molar-refractivity contribution < 1.29 is 19.0 Å². The van der Waals surface area contributed by atoms with Crippen molar-refractivity contribution in [3.63, 3.8) is 0 Å². The summed E-state index contributed by atoms with van der Waals surface area (Å²) in [6.45, 7) is 2.54. The third-order valence-corrected chi connectivity index (χ3v) is 2.20. The second-order valence-electron chi connectivity index (χ2n) is 3.42.